The fraction of sp³-hybridized carbons (Fsp3) is 0.667. The second-order valence-electron chi connectivity index (χ2n) is 4.34. The second kappa shape index (κ2) is 6.22. The number of hydrogen-bond acceptors (Lipinski definition) is 2. The summed E-state index contributed by atoms with van der Waals surface area (Å²) in [6, 6.07) is -1.11. The molecule has 1 aliphatic carbocycles. The van der Waals surface area contributed by atoms with Gasteiger partial charge in [0, 0.05) is 0 Å². The lowest BCUT2D eigenvalue weighted by atomic mass is 9.71. The zero-order chi connectivity index (χ0) is 15.4. The molecule has 1 rings (SSSR count). The normalized spacial score (nSPS) is 39.4. The maximum absolute atomic E-state index is 13.9. The van der Waals surface area contributed by atoms with Crippen LogP contribution in [0.3, 0.4) is 0 Å². The topological polar surface area (TPSA) is 56.3 Å². The average molecular weight is 284 g/mol. The molecule has 1 fully saturated rings. The Morgan fingerprint density at radius 2 is 1.00 bits per heavy atom. The minimum absolute atomic E-state index is 1.30. The summed E-state index contributed by atoms with van der Waals surface area (Å²) in [5.41, 5.74) is 0. The Hall–Kier alpha value is -2.32. The molecule has 6 unspecified atom stereocenters. The van der Waals surface area contributed by atoms with Gasteiger partial charge < -0.3 is 0 Å². The molecule has 8 heteroatoms. The number of nitrogens with zero attached hydrogens (tertiary/aromatic N) is 4. The van der Waals surface area contributed by atoms with Crippen molar-refractivity contribution in [3.63, 3.8) is 0 Å². The molecule has 0 spiro atoms. The first-order valence-electron chi connectivity index (χ1n) is 5.53. The third-order valence-electron chi connectivity index (χ3n) is 3.35. The van der Waals surface area contributed by atoms with Crippen LogP contribution < -0.4 is 0 Å². The lowest BCUT2D eigenvalue weighted by Gasteiger charge is -2.37. The van der Waals surface area contributed by atoms with Gasteiger partial charge in [0.1, 0.15) is 36.5 Å². The molecule has 1 aliphatic rings. The Kier molecular flexibility index (Phi) is 4.89. The molecule has 0 radical (unpaired) electrons. The summed E-state index contributed by atoms with van der Waals surface area (Å²) in [7, 11) is 0. The molecular weight excluding hydrogens is 276 g/mol. The first kappa shape index (κ1) is 15.7. The predicted molar refractivity (Wildman–Crippen MR) is 58.6 cm³/mol. The fourth-order valence-corrected chi connectivity index (χ4v) is 2.30. The van der Waals surface area contributed by atoms with E-state index in [0.29, 0.717) is 0 Å². The molecule has 20 heavy (non-hydrogen) atoms. The Labute approximate surface area is 112 Å². The largest absolute Gasteiger partial charge is 0.315 e. The highest BCUT2D eigenvalue weighted by molar-refractivity contribution is 5.17. The second-order valence-corrected chi connectivity index (χ2v) is 4.34. The zero-order valence-corrected chi connectivity index (χ0v) is 9.92. The SMILES string of the molecule is [C-]#[N+]C(C#N)C1C(F)C(F)C(C(C#N)[N+]#[C-])C(F)C1F. The fourth-order valence-electron chi connectivity index (χ4n) is 2.30. The Morgan fingerprint density at radius 3 is 1.15 bits per heavy atom. The Morgan fingerprint density at radius 1 is 0.750 bits per heavy atom. The molecule has 1 saturated carbocycles. The van der Waals surface area contributed by atoms with Gasteiger partial charge in [-0.25, -0.2) is 30.7 Å². The number of alkyl halides is 4. The molecule has 0 aromatic carbocycles. The van der Waals surface area contributed by atoms with Crippen LogP contribution in [0, 0.1) is 47.6 Å². The van der Waals surface area contributed by atoms with E-state index >= 15 is 0 Å². The summed E-state index contributed by atoms with van der Waals surface area (Å²) < 4.78 is 55.5. The molecule has 0 aromatic rings. The summed E-state index contributed by atoms with van der Waals surface area (Å²) in [6.07, 6.45) is -10.5. The van der Waals surface area contributed by atoms with E-state index in [1.54, 1.807) is 0 Å². The van der Waals surface area contributed by atoms with Crippen molar-refractivity contribution < 1.29 is 17.6 Å². The van der Waals surface area contributed by atoms with Crippen LogP contribution in [0.15, 0.2) is 0 Å². The third kappa shape index (κ3) is 2.38. The van der Waals surface area contributed by atoms with Crippen molar-refractivity contribution in [3.05, 3.63) is 22.8 Å². The van der Waals surface area contributed by atoms with Gasteiger partial charge in [-0.3, -0.25) is 9.69 Å². The monoisotopic (exact) mass is 284 g/mol. The molecule has 0 saturated heterocycles. The summed E-state index contributed by atoms with van der Waals surface area (Å²) in [6.45, 7) is 13.3. The van der Waals surface area contributed by atoms with Gasteiger partial charge in [-0.2, -0.15) is 10.5 Å². The van der Waals surface area contributed by atoms with E-state index in [-0.39, 0.29) is 0 Å². The van der Waals surface area contributed by atoms with Gasteiger partial charge in [-0.05, 0) is 0 Å². The van der Waals surface area contributed by atoms with Crippen molar-refractivity contribution >= 4 is 0 Å². The van der Waals surface area contributed by atoms with E-state index in [1.165, 1.54) is 12.1 Å². The van der Waals surface area contributed by atoms with Crippen LogP contribution in [0.5, 0.6) is 0 Å². The van der Waals surface area contributed by atoms with Gasteiger partial charge in [0.2, 0.25) is 0 Å². The van der Waals surface area contributed by atoms with Crippen LogP contribution in [0.4, 0.5) is 17.6 Å². The van der Waals surface area contributed by atoms with Gasteiger partial charge in [-0.1, -0.05) is 0 Å². The molecule has 0 aliphatic heterocycles. The van der Waals surface area contributed by atoms with E-state index in [2.05, 4.69) is 9.69 Å². The summed E-state index contributed by atoms with van der Waals surface area (Å²) in [5, 5.41) is 17.2. The van der Waals surface area contributed by atoms with Crippen LogP contribution in [0.25, 0.3) is 9.69 Å². The van der Waals surface area contributed by atoms with Crippen LogP contribution in [0.2, 0.25) is 0 Å². The number of hydrogen-bond donors (Lipinski definition) is 0. The van der Waals surface area contributed by atoms with Gasteiger partial charge in [0.05, 0.1) is 0 Å². The molecule has 0 bridgehead atoms. The smallest absolute Gasteiger partial charge is 0.297 e. The number of halogens is 4. The minimum Gasteiger partial charge on any atom is -0.297 e. The molecular formula is C12H8F4N4. The van der Waals surface area contributed by atoms with Crippen molar-refractivity contribution in [3.8, 4) is 12.1 Å². The molecule has 6 atom stereocenters. The molecule has 0 N–H and O–H groups in total. The van der Waals surface area contributed by atoms with E-state index in [1.807, 2.05) is 0 Å². The van der Waals surface area contributed by atoms with Crippen LogP contribution in [-0.4, -0.2) is 36.8 Å². The maximum Gasteiger partial charge on any atom is 0.315 e. The van der Waals surface area contributed by atoms with Crippen molar-refractivity contribution in [2.75, 3.05) is 0 Å². The number of rotatable bonds is 2. The molecule has 4 nitrogen and oxygen atoms in total. The van der Waals surface area contributed by atoms with Gasteiger partial charge >= 0.3 is 12.1 Å². The molecule has 104 valence electrons. The van der Waals surface area contributed by atoms with Crippen LogP contribution in [-0.2, 0) is 0 Å². The number of nitriles is 2. The average Bonchev–Trinajstić information content (AvgIpc) is 2.46. The highest BCUT2D eigenvalue weighted by Crippen LogP contribution is 2.42. The lowest BCUT2D eigenvalue weighted by Crippen LogP contribution is -2.57. The van der Waals surface area contributed by atoms with Crippen molar-refractivity contribution in [1.82, 2.24) is 0 Å². The van der Waals surface area contributed by atoms with E-state index in [9.17, 15) is 17.6 Å². The summed E-state index contributed by atoms with van der Waals surface area (Å²) in [5.74, 6) is -4.13. The van der Waals surface area contributed by atoms with Crippen LogP contribution >= 0.6 is 0 Å². The molecule has 0 heterocycles. The molecule has 0 amide bonds. The van der Waals surface area contributed by atoms with Crippen molar-refractivity contribution in [2.24, 2.45) is 11.8 Å². The standard InChI is InChI=1S/C12H8F4N4/c1-19-5(3-17)7-9(13)11(15)8(6(4-18)20-2)12(16)10(7)14/h5-12H. The first-order chi connectivity index (χ1) is 9.44. The van der Waals surface area contributed by atoms with Gasteiger partial charge in [-0.15, -0.1) is 0 Å². The highest BCUT2D eigenvalue weighted by atomic mass is 19.2. The quantitative estimate of drug-likeness (QED) is 0.576. The highest BCUT2D eigenvalue weighted by Gasteiger charge is 2.61. The van der Waals surface area contributed by atoms with Crippen molar-refractivity contribution in [2.45, 2.75) is 36.8 Å². The van der Waals surface area contributed by atoms with Crippen LogP contribution in [0.1, 0.15) is 0 Å². The maximum atomic E-state index is 13.9. The van der Waals surface area contributed by atoms with Crippen molar-refractivity contribution in [1.29, 1.82) is 10.5 Å². The van der Waals surface area contributed by atoms with E-state index in [0.717, 1.165) is 0 Å². The van der Waals surface area contributed by atoms with E-state index in [4.69, 9.17) is 23.7 Å². The summed E-state index contributed by atoms with van der Waals surface area (Å²) >= 11 is 0. The van der Waals surface area contributed by atoms with E-state index < -0.39 is 48.6 Å². The Bertz CT molecular complexity index is 434. The zero-order valence-electron chi connectivity index (χ0n) is 9.92. The summed E-state index contributed by atoms with van der Waals surface area (Å²) in [4.78, 5) is 5.32. The predicted octanol–water partition coefficient (Wildman–Crippen LogP) is 2.21. The molecule has 0 aromatic heterocycles. The lowest BCUT2D eigenvalue weighted by molar-refractivity contribution is -0.0778. The third-order valence-corrected chi connectivity index (χ3v) is 3.35. The van der Waals surface area contributed by atoms with Gasteiger partial charge in [0.15, 0.2) is 12.1 Å². The first-order valence-corrected chi connectivity index (χ1v) is 5.53. The Balaban J connectivity index is 3.17. The minimum atomic E-state index is -2.61. The van der Waals surface area contributed by atoms with Gasteiger partial charge in [0.25, 0.3) is 0 Å².